The van der Waals surface area contributed by atoms with E-state index in [1.54, 1.807) is 17.4 Å². The largest absolute Gasteiger partial charge is 0.503 e. The van der Waals surface area contributed by atoms with Crippen molar-refractivity contribution in [2.45, 2.75) is 25.8 Å². The maximum Gasteiger partial charge on any atom is 0.247 e. The van der Waals surface area contributed by atoms with Crippen molar-refractivity contribution in [2.24, 2.45) is 5.92 Å². The summed E-state index contributed by atoms with van der Waals surface area (Å²) < 4.78 is 5.30. The zero-order chi connectivity index (χ0) is 19.0. The summed E-state index contributed by atoms with van der Waals surface area (Å²) in [6, 6.07) is 5.85. The van der Waals surface area contributed by atoms with Crippen molar-refractivity contribution in [3.63, 3.8) is 0 Å². The lowest BCUT2D eigenvalue weighted by molar-refractivity contribution is -0.111. The molecule has 1 fully saturated rings. The second-order valence-electron chi connectivity index (χ2n) is 7.26. The molecular weight excluding hydrogens is 360 g/mol. The van der Waals surface area contributed by atoms with Gasteiger partial charge in [0.1, 0.15) is 0 Å². The van der Waals surface area contributed by atoms with Gasteiger partial charge in [-0.2, -0.15) is 0 Å². The molecule has 0 unspecified atom stereocenters. The number of nitrogens with zero attached hydrogens (tertiary/aromatic N) is 1. The van der Waals surface area contributed by atoms with E-state index in [4.69, 9.17) is 4.74 Å². The molecular formula is C21H24N2O3S. The highest BCUT2D eigenvalue weighted by molar-refractivity contribution is 7.15. The number of carbonyl (C=O) groups excluding carboxylic acids is 1. The zero-order valence-corrected chi connectivity index (χ0v) is 16.3. The maximum atomic E-state index is 11.7. The third-order valence-electron chi connectivity index (χ3n) is 5.18. The Morgan fingerprint density at radius 3 is 2.96 bits per heavy atom. The summed E-state index contributed by atoms with van der Waals surface area (Å²) >= 11 is 1.79. The van der Waals surface area contributed by atoms with Crippen LogP contribution in [0.1, 0.15) is 23.3 Å². The molecule has 0 spiro atoms. The molecule has 1 amide bonds. The highest BCUT2D eigenvalue weighted by Crippen LogP contribution is 2.42. The van der Waals surface area contributed by atoms with Gasteiger partial charge < -0.3 is 15.2 Å². The summed E-state index contributed by atoms with van der Waals surface area (Å²) in [5.74, 6) is 0.801. The molecule has 0 radical (unpaired) electrons. The molecule has 2 heterocycles. The number of methoxy groups -OCH3 is 1. The monoisotopic (exact) mass is 384 g/mol. The lowest BCUT2D eigenvalue weighted by Gasteiger charge is -2.26. The smallest absolute Gasteiger partial charge is 0.247 e. The minimum Gasteiger partial charge on any atom is -0.503 e. The molecule has 142 valence electrons. The Kier molecular flexibility index (Phi) is 4.93. The summed E-state index contributed by atoms with van der Waals surface area (Å²) in [7, 11) is 1.51. The Bertz CT molecular complexity index is 886. The minimum absolute atomic E-state index is 0.0756. The number of rotatable bonds is 6. The molecule has 1 aromatic heterocycles. The van der Waals surface area contributed by atoms with Gasteiger partial charge in [0, 0.05) is 29.4 Å². The van der Waals surface area contributed by atoms with E-state index in [-0.39, 0.29) is 11.7 Å². The number of phenolic OH excluding ortho intramolecular Hbond substituents is 1. The minimum atomic E-state index is -0.370. The van der Waals surface area contributed by atoms with Crippen LogP contribution in [0.25, 0.3) is 10.4 Å². The molecule has 0 saturated heterocycles. The summed E-state index contributed by atoms with van der Waals surface area (Å²) in [4.78, 5) is 16.8. The lowest BCUT2D eigenvalue weighted by atomic mass is 10.1. The van der Waals surface area contributed by atoms with Crippen LogP contribution in [0.5, 0.6) is 11.5 Å². The number of ether oxygens (including phenoxy) is 1. The molecule has 2 N–H and O–H groups in total. The molecule has 2 aliphatic rings. The van der Waals surface area contributed by atoms with Gasteiger partial charge in [-0.25, -0.2) is 0 Å². The summed E-state index contributed by atoms with van der Waals surface area (Å²) in [6.45, 7) is 6.82. The van der Waals surface area contributed by atoms with Gasteiger partial charge in [-0.15, -0.1) is 11.3 Å². The van der Waals surface area contributed by atoms with Crippen LogP contribution in [-0.4, -0.2) is 36.1 Å². The summed E-state index contributed by atoms with van der Waals surface area (Å²) in [5, 5.41) is 13.0. The zero-order valence-electron chi connectivity index (χ0n) is 15.5. The summed E-state index contributed by atoms with van der Waals surface area (Å²) in [5.41, 5.74) is 2.65. The number of carbonyl (C=O) groups is 1. The SMILES string of the molecule is C=CC(=O)Nc1cc(-c2cc3c(s2)CCN(CC2CC2)C3)cc(OC)c1O. The van der Waals surface area contributed by atoms with Crippen molar-refractivity contribution in [2.75, 3.05) is 25.5 Å². The van der Waals surface area contributed by atoms with E-state index in [1.165, 1.54) is 43.0 Å². The fourth-order valence-electron chi connectivity index (χ4n) is 3.54. The third kappa shape index (κ3) is 3.87. The molecule has 27 heavy (non-hydrogen) atoms. The molecule has 1 saturated carbocycles. The molecule has 0 atom stereocenters. The van der Waals surface area contributed by atoms with E-state index in [1.807, 2.05) is 6.07 Å². The predicted octanol–water partition coefficient (Wildman–Crippen LogP) is 4.02. The van der Waals surface area contributed by atoms with Crippen molar-refractivity contribution in [3.8, 4) is 21.9 Å². The lowest BCUT2D eigenvalue weighted by Crippen LogP contribution is -2.31. The Balaban J connectivity index is 1.63. The second kappa shape index (κ2) is 7.37. The molecule has 5 nitrogen and oxygen atoms in total. The number of amides is 1. The number of hydrogen-bond acceptors (Lipinski definition) is 5. The first-order chi connectivity index (χ1) is 13.1. The van der Waals surface area contributed by atoms with Gasteiger partial charge in [-0.1, -0.05) is 6.58 Å². The van der Waals surface area contributed by atoms with Gasteiger partial charge in [0.25, 0.3) is 0 Å². The van der Waals surface area contributed by atoms with Gasteiger partial charge in [0.15, 0.2) is 11.5 Å². The molecule has 0 bridgehead atoms. The maximum absolute atomic E-state index is 11.7. The number of nitrogens with one attached hydrogen (secondary N) is 1. The number of benzene rings is 1. The standard InChI is InChI=1S/C21H24N2O3S/c1-3-20(24)22-16-8-14(9-17(26-2)21(16)25)19-10-15-12-23(11-13-4-5-13)7-6-18(15)27-19/h3,8-10,13,25H,1,4-7,11-12H2,2H3,(H,22,24). The van der Waals surface area contributed by atoms with Crippen LogP contribution >= 0.6 is 11.3 Å². The highest BCUT2D eigenvalue weighted by atomic mass is 32.1. The van der Waals surface area contributed by atoms with Crippen LogP contribution in [0.2, 0.25) is 0 Å². The Hall–Kier alpha value is -2.31. The average Bonchev–Trinajstić information content (AvgIpc) is 3.38. The number of aromatic hydroxyl groups is 1. The van der Waals surface area contributed by atoms with E-state index in [2.05, 4.69) is 22.9 Å². The van der Waals surface area contributed by atoms with Crippen LogP contribution in [-0.2, 0) is 17.8 Å². The first kappa shape index (κ1) is 18.1. The van der Waals surface area contributed by atoms with Gasteiger partial charge in [-0.05, 0) is 60.6 Å². The van der Waals surface area contributed by atoms with E-state index >= 15 is 0 Å². The van der Waals surface area contributed by atoms with Gasteiger partial charge in [-0.3, -0.25) is 9.69 Å². The number of phenols is 1. The quantitative estimate of drug-likeness (QED) is 0.583. The van der Waals surface area contributed by atoms with Crippen molar-refractivity contribution in [1.82, 2.24) is 4.90 Å². The molecule has 1 aliphatic heterocycles. The molecule has 6 heteroatoms. The first-order valence-corrected chi connectivity index (χ1v) is 10.1. The summed E-state index contributed by atoms with van der Waals surface area (Å²) in [6.07, 6.45) is 5.02. The van der Waals surface area contributed by atoms with Gasteiger partial charge in [0.2, 0.25) is 5.91 Å². The van der Waals surface area contributed by atoms with E-state index in [9.17, 15) is 9.90 Å². The van der Waals surface area contributed by atoms with Crippen LogP contribution in [0, 0.1) is 5.92 Å². The molecule has 1 aliphatic carbocycles. The van der Waals surface area contributed by atoms with Crippen LogP contribution < -0.4 is 10.1 Å². The van der Waals surface area contributed by atoms with Crippen molar-refractivity contribution >= 4 is 22.9 Å². The fourth-order valence-corrected chi connectivity index (χ4v) is 4.69. The Morgan fingerprint density at radius 1 is 1.44 bits per heavy atom. The first-order valence-electron chi connectivity index (χ1n) is 9.26. The van der Waals surface area contributed by atoms with Crippen LogP contribution in [0.15, 0.2) is 30.9 Å². The number of anilines is 1. The molecule has 4 rings (SSSR count). The third-order valence-corrected chi connectivity index (χ3v) is 6.47. The fraction of sp³-hybridized carbons (Fsp3) is 0.381. The number of hydrogen-bond donors (Lipinski definition) is 2. The van der Waals surface area contributed by atoms with Crippen LogP contribution in [0.4, 0.5) is 5.69 Å². The van der Waals surface area contributed by atoms with Crippen molar-refractivity contribution in [1.29, 1.82) is 0 Å². The average molecular weight is 385 g/mol. The van der Waals surface area contributed by atoms with E-state index in [0.29, 0.717) is 11.4 Å². The molecule has 2 aromatic rings. The van der Waals surface area contributed by atoms with E-state index in [0.717, 1.165) is 35.9 Å². The molecule has 1 aromatic carbocycles. The highest BCUT2D eigenvalue weighted by Gasteiger charge is 2.27. The van der Waals surface area contributed by atoms with E-state index < -0.39 is 0 Å². The Morgan fingerprint density at radius 2 is 2.26 bits per heavy atom. The second-order valence-corrected chi connectivity index (χ2v) is 8.39. The van der Waals surface area contributed by atoms with Crippen LogP contribution in [0.3, 0.4) is 0 Å². The van der Waals surface area contributed by atoms with Crippen molar-refractivity contribution in [3.05, 3.63) is 41.3 Å². The topological polar surface area (TPSA) is 61.8 Å². The number of thiophene rings is 1. The number of fused-ring (bicyclic) bond motifs is 1. The Labute approximate surface area is 163 Å². The normalized spacial score (nSPS) is 16.6. The van der Waals surface area contributed by atoms with Gasteiger partial charge in [0.05, 0.1) is 12.8 Å². The predicted molar refractivity (Wildman–Crippen MR) is 109 cm³/mol. The van der Waals surface area contributed by atoms with Gasteiger partial charge >= 0.3 is 0 Å². The van der Waals surface area contributed by atoms with Crippen molar-refractivity contribution < 1.29 is 14.6 Å².